The molecular weight excluding hydrogens is 294 g/mol. The van der Waals surface area contributed by atoms with Crippen molar-refractivity contribution in [3.8, 4) is 0 Å². The molecule has 2 rings (SSSR count). The molecule has 2 heterocycles. The van der Waals surface area contributed by atoms with Gasteiger partial charge in [0.2, 0.25) is 15.9 Å². The normalized spacial score (nSPS) is 19.4. The molecule has 19 heavy (non-hydrogen) atoms. The Bertz CT molecular complexity index is 655. The second-order valence-corrected chi connectivity index (χ2v) is 6.34. The van der Waals surface area contributed by atoms with Crippen molar-refractivity contribution in [1.29, 1.82) is 0 Å². The number of sulfonamides is 1. The van der Waals surface area contributed by atoms with Gasteiger partial charge in [-0.05, 0) is 12.5 Å². The molecule has 1 aromatic rings. The highest BCUT2D eigenvalue weighted by atomic mass is 35.5. The van der Waals surface area contributed by atoms with E-state index >= 15 is 0 Å². The monoisotopic (exact) mass is 305 g/mol. The smallest absolute Gasteiger partial charge is 0.266 e. The summed E-state index contributed by atoms with van der Waals surface area (Å²) < 4.78 is 26.2. The Hall–Kier alpha value is -1.38. The van der Waals surface area contributed by atoms with E-state index in [4.69, 9.17) is 11.6 Å². The van der Waals surface area contributed by atoms with Crippen molar-refractivity contribution >= 4 is 27.5 Å². The standard InChI is InChI=1S/C10H12ClN3O4S/c11-8-3-7(5-12-10(8)16)19(17,18)13-4-6-1-2-9(15)14-6/h3,5-6,13H,1-2,4H2,(H,12,16)(H,14,15). The Labute approximate surface area is 114 Å². The average Bonchev–Trinajstić information content (AvgIpc) is 2.76. The van der Waals surface area contributed by atoms with Gasteiger partial charge < -0.3 is 10.3 Å². The first-order valence-corrected chi connectivity index (χ1v) is 7.42. The van der Waals surface area contributed by atoms with Crippen molar-refractivity contribution in [2.24, 2.45) is 0 Å². The summed E-state index contributed by atoms with van der Waals surface area (Å²) in [5, 5.41) is 2.45. The lowest BCUT2D eigenvalue weighted by Crippen LogP contribution is -2.38. The minimum absolute atomic E-state index is 0.0868. The molecule has 3 N–H and O–H groups in total. The number of nitrogens with one attached hydrogen (secondary N) is 3. The maximum Gasteiger partial charge on any atom is 0.266 e. The van der Waals surface area contributed by atoms with E-state index in [2.05, 4.69) is 15.0 Å². The van der Waals surface area contributed by atoms with Gasteiger partial charge >= 0.3 is 0 Å². The molecule has 1 atom stereocenters. The van der Waals surface area contributed by atoms with Crippen LogP contribution in [0.4, 0.5) is 0 Å². The van der Waals surface area contributed by atoms with Crippen molar-refractivity contribution in [3.05, 3.63) is 27.6 Å². The molecule has 1 fully saturated rings. The number of aromatic nitrogens is 1. The van der Waals surface area contributed by atoms with Crippen LogP contribution < -0.4 is 15.6 Å². The second kappa shape index (κ2) is 5.32. The van der Waals surface area contributed by atoms with Gasteiger partial charge in [-0.15, -0.1) is 0 Å². The van der Waals surface area contributed by atoms with Crippen molar-refractivity contribution in [3.63, 3.8) is 0 Å². The van der Waals surface area contributed by atoms with E-state index in [1.807, 2.05) is 0 Å². The maximum atomic E-state index is 11.9. The summed E-state index contributed by atoms with van der Waals surface area (Å²) in [6.45, 7) is 0.102. The van der Waals surface area contributed by atoms with Crippen molar-refractivity contribution < 1.29 is 13.2 Å². The van der Waals surface area contributed by atoms with Crippen molar-refractivity contribution in [1.82, 2.24) is 15.0 Å². The van der Waals surface area contributed by atoms with Gasteiger partial charge in [-0.1, -0.05) is 11.6 Å². The van der Waals surface area contributed by atoms with E-state index in [0.717, 1.165) is 12.3 Å². The van der Waals surface area contributed by atoms with Gasteiger partial charge in [-0.2, -0.15) is 0 Å². The first kappa shape index (κ1) is 14.0. The molecule has 0 radical (unpaired) electrons. The summed E-state index contributed by atoms with van der Waals surface area (Å²) in [6, 6.07) is 0.871. The molecule has 1 aliphatic heterocycles. The number of aromatic amines is 1. The van der Waals surface area contributed by atoms with Crippen LogP contribution in [0.5, 0.6) is 0 Å². The number of hydrogen-bond donors (Lipinski definition) is 3. The fourth-order valence-corrected chi connectivity index (χ4v) is 3.03. The zero-order valence-electron chi connectivity index (χ0n) is 9.77. The van der Waals surface area contributed by atoms with E-state index < -0.39 is 15.6 Å². The van der Waals surface area contributed by atoms with Crippen LogP contribution in [0.25, 0.3) is 0 Å². The number of hydrogen-bond acceptors (Lipinski definition) is 4. The molecule has 1 aromatic heterocycles. The van der Waals surface area contributed by atoms with E-state index in [-0.39, 0.29) is 28.4 Å². The zero-order valence-corrected chi connectivity index (χ0v) is 11.3. The Kier molecular flexibility index (Phi) is 3.93. The lowest BCUT2D eigenvalue weighted by atomic mass is 10.2. The van der Waals surface area contributed by atoms with Crippen LogP contribution in [0.2, 0.25) is 5.02 Å². The number of amides is 1. The molecule has 0 saturated carbocycles. The SMILES string of the molecule is O=C1CCC(CNS(=O)(=O)c2c[nH]c(=O)c(Cl)c2)N1. The fraction of sp³-hybridized carbons (Fsp3) is 0.400. The maximum absolute atomic E-state index is 11.9. The van der Waals surface area contributed by atoms with Crippen LogP contribution in [0.1, 0.15) is 12.8 Å². The molecule has 0 aromatic carbocycles. The quantitative estimate of drug-likeness (QED) is 0.702. The molecule has 7 nitrogen and oxygen atoms in total. The molecule has 9 heteroatoms. The summed E-state index contributed by atoms with van der Waals surface area (Å²) in [5.41, 5.74) is -0.552. The summed E-state index contributed by atoms with van der Waals surface area (Å²) in [6.07, 6.45) is 2.06. The molecule has 0 aliphatic carbocycles. The third kappa shape index (κ3) is 3.34. The summed E-state index contributed by atoms with van der Waals surface area (Å²) in [7, 11) is -3.76. The van der Waals surface area contributed by atoms with Gasteiger partial charge in [0.25, 0.3) is 5.56 Å². The Morgan fingerprint density at radius 3 is 2.74 bits per heavy atom. The number of rotatable bonds is 4. The average molecular weight is 306 g/mol. The Morgan fingerprint density at radius 1 is 1.42 bits per heavy atom. The molecule has 0 spiro atoms. The number of pyridine rings is 1. The van der Waals surface area contributed by atoms with E-state index in [0.29, 0.717) is 12.8 Å². The molecule has 0 bridgehead atoms. The fourth-order valence-electron chi connectivity index (χ4n) is 1.72. The van der Waals surface area contributed by atoms with Crippen LogP contribution in [-0.4, -0.2) is 31.9 Å². The van der Waals surface area contributed by atoms with Crippen LogP contribution in [0, 0.1) is 0 Å². The van der Waals surface area contributed by atoms with Crippen molar-refractivity contribution in [2.45, 2.75) is 23.8 Å². The first-order chi connectivity index (χ1) is 8.88. The second-order valence-electron chi connectivity index (χ2n) is 4.17. The van der Waals surface area contributed by atoms with Crippen LogP contribution in [0.15, 0.2) is 22.0 Å². The predicted octanol–water partition coefficient (Wildman–Crippen LogP) is -0.415. The van der Waals surface area contributed by atoms with Gasteiger partial charge in [0.1, 0.15) is 5.02 Å². The molecule has 1 aliphatic rings. The third-order valence-electron chi connectivity index (χ3n) is 2.75. The van der Waals surface area contributed by atoms with E-state index in [1.54, 1.807) is 0 Å². The zero-order chi connectivity index (χ0) is 14.0. The molecule has 1 unspecified atom stereocenters. The van der Waals surface area contributed by atoms with E-state index in [9.17, 15) is 18.0 Å². The van der Waals surface area contributed by atoms with Crippen LogP contribution in [0.3, 0.4) is 0 Å². The van der Waals surface area contributed by atoms with Crippen LogP contribution in [-0.2, 0) is 14.8 Å². The summed E-state index contributed by atoms with van der Waals surface area (Å²) in [5.74, 6) is -0.0868. The Balaban J connectivity index is 2.07. The highest BCUT2D eigenvalue weighted by Crippen LogP contribution is 2.11. The summed E-state index contributed by atoms with van der Waals surface area (Å²) >= 11 is 5.57. The molecular formula is C10H12ClN3O4S. The molecule has 1 amide bonds. The highest BCUT2D eigenvalue weighted by Gasteiger charge is 2.23. The Morgan fingerprint density at radius 2 is 2.16 bits per heavy atom. The van der Waals surface area contributed by atoms with Gasteiger partial charge in [-0.3, -0.25) is 9.59 Å². The van der Waals surface area contributed by atoms with Gasteiger partial charge in [0, 0.05) is 25.2 Å². The predicted molar refractivity (Wildman–Crippen MR) is 68.4 cm³/mol. The molecule has 1 saturated heterocycles. The van der Waals surface area contributed by atoms with Crippen LogP contribution >= 0.6 is 11.6 Å². The van der Waals surface area contributed by atoms with Gasteiger partial charge in [0.05, 0.1) is 4.90 Å². The number of carbonyl (C=O) groups excluding carboxylic acids is 1. The number of carbonyl (C=O) groups is 1. The molecule has 104 valence electrons. The highest BCUT2D eigenvalue weighted by molar-refractivity contribution is 7.89. The van der Waals surface area contributed by atoms with Gasteiger partial charge in [0.15, 0.2) is 0 Å². The minimum Gasteiger partial charge on any atom is -0.352 e. The topological polar surface area (TPSA) is 108 Å². The van der Waals surface area contributed by atoms with Crippen molar-refractivity contribution in [2.75, 3.05) is 6.54 Å². The van der Waals surface area contributed by atoms with E-state index in [1.165, 1.54) is 0 Å². The first-order valence-electron chi connectivity index (χ1n) is 5.56. The third-order valence-corrected chi connectivity index (χ3v) is 4.43. The van der Waals surface area contributed by atoms with Gasteiger partial charge in [-0.25, -0.2) is 13.1 Å². The summed E-state index contributed by atoms with van der Waals surface area (Å²) in [4.78, 5) is 24.1. The lowest BCUT2D eigenvalue weighted by molar-refractivity contribution is -0.119. The lowest BCUT2D eigenvalue weighted by Gasteiger charge is -2.11. The minimum atomic E-state index is -3.76. The largest absolute Gasteiger partial charge is 0.352 e. The number of halogens is 1. The number of H-pyrrole nitrogens is 1.